The summed E-state index contributed by atoms with van der Waals surface area (Å²) in [5, 5.41) is 3.08. The Bertz CT molecular complexity index is 1390. The maximum Gasteiger partial charge on any atom is 0.252 e. The summed E-state index contributed by atoms with van der Waals surface area (Å²) in [4.78, 5) is 23.1. The molecule has 0 atom stereocenters. The highest BCUT2D eigenvalue weighted by molar-refractivity contribution is 7.98. The standard InChI is InChI=1S/C26H25N5OS/c1-19-28-22-10-3-4-11-23(22)31(19)16-8-14-27-26(32)21-9-2-5-12-24(21)33-18-20-17-30-15-7-6-13-25(30)29-20/h2-7,9-13,15,17H,8,14,16,18H2,1H3,(H,27,32). The summed E-state index contributed by atoms with van der Waals surface area (Å²) >= 11 is 1.64. The number of benzene rings is 2. The third-order valence-electron chi connectivity index (χ3n) is 5.61. The van der Waals surface area contributed by atoms with Crippen LogP contribution in [0.2, 0.25) is 0 Å². The number of aryl methyl sites for hydroxylation is 2. The van der Waals surface area contributed by atoms with Crippen molar-refractivity contribution in [1.82, 2.24) is 24.3 Å². The van der Waals surface area contributed by atoms with Crippen LogP contribution in [0.5, 0.6) is 0 Å². The fourth-order valence-corrected chi connectivity index (χ4v) is 4.93. The van der Waals surface area contributed by atoms with Gasteiger partial charge < -0.3 is 14.3 Å². The van der Waals surface area contributed by atoms with Crippen molar-refractivity contribution in [2.75, 3.05) is 6.54 Å². The number of imidazole rings is 2. The number of hydrogen-bond acceptors (Lipinski definition) is 4. The highest BCUT2D eigenvalue weighted by Crippen LogP contribution is 2.26. The van der Waals surface area contributed by atoms with Crippen molar-refractivity contribution in [3.05, 3.63) is 96.2 Å². The summed E-state index contributed by atoms with van der Waals surface area (Å²) in [7, 11) is 0. The number of amides is 1. The van der Waals surface area contributed by atoms with Crippen LogP contribution in [0.15, 0.2) is 84.0 Å². The fourth-order valence-electron chi connectivity index (χ4n) is 4.00. The zero-order chi connectivity index (χ0) is 22.6. The van der Waals surface area contributed by atoms with Crippen molar-refractivity contribution in [3.63, 3.8) is 0 Å². The molecule has 0 spiro atoms. The zero-order valence-corrected chi connectivity index (χ0v) is 19.3. The maximum atomic E-state index is 12.9. The molecule has 2 aromatic carbocycles. The number of para-hydroxylation sites is 2. The van der Waals surface area contributed by atoms with Crippen molar-refractivity contribution >= 4 is 34.3 Å². The van der Waals surface area contributed by atoms with E-state index in [0.717, 1.165) is 46.1 Å². The zero-order valence-electron chi connectivity index (χ0n) is 18.4. The Morgan fingerprint density at radius 1 is 1.00 bits per heavy atom. The van der Waals surface area contributed by atoms with Crippen LogP contribution in [-0.4, -0.2) is 31.4 Å². The van der Waals surface area contributed by atoms with Crippen LogP contribution in [0.1, 0.15) is 28.3 Å². The van der Waals surface area contributed by atoms with E-state index in [-0.39, 0.29) is 5.91 Å². The number of fused-ring (bicyclic) bond motifs is 2. The number of thioether (sulfide) groups is 1. The molecule has 33 heavy (non-hydrogen) atoms. The van der Waals surface area contributed by atoms with Gasteiger partial charge in [-0.25, -0.2) is 9.97 Å². The molecule has 166 valence electrons. The summed E-state index contributed by atoms with van der Waals surface area (Å²) in [6.45, 7) is 3.45. The lowest BCUT2D eigenvalue weighted by molar-refractivity contribution is 0.0950. The van der Waals surface area contributed by atoms with Gasteiger partial charge >= 0.3 is 0 Å². The lowest BCUT2D eigenvalue weighted by atomic mass is 10.2. The molecule has 3 heterocycles. The highest BCUT2D eigenvalue weighted by Gasteiger charge is 2.12. The van der Waals surface area contributed by atoms with E-state index in [1.807, 2.05) is 84.4 Å². The van der Waals surface area contributed by atoms with Gasteiger partial charge in [-0.1, -0.05) is 30.3 Å². The lowest BCUT2D eigenvalue weighted by Crippen LogP contribution is -2.25. The third-order valence-corrected chi connectivity index (χ3v) is 6.72. The van der Waals surface area contributed by atoms with Crippen molar-refractivity contribution in [1.29, 1.82) is 0 Å². The molecular weight excluding hydrogens is 430 g/mol. The summed E-state index contributed by atoms with van der Waals surface area (Å²) in [5.41, 5.74) is 4.77. The van der Waals surface area contributed by atoms with Gasteiger partial charge in [-0.3, -0.25) is 4.79 Å². The summed E-state index contributed by atoms with van der Waals surface area (Å²) in [6, 6.07) is 21.9. The van der Waals surface area contributed by atoms with E-state index in [1.165, 1.54) is 0 Å². The first-order chi connectivity index (χ1) is 16.2. The SMILES string of the molecule is Cc1nc2ccccc2n1CCCNC(=O)c1ccccc1SCc1cn2ccccc2n1. The van der Waals surface area contributed by atoms with Gasteiger partial charge in [0.05, 0.1) is 22.3 Å². The molecule has 0 aliphatic carbocycles. The van der Waals surface area contributed by atoms with Crippen LogP contribution in [0.3, 0.4) is 0 Å². The Kier molecular flexibility index (Phi) is 6.13. The summed E-state index contributed by atoms with van der Waals surface area (Å²) in [5.74, 6) is 1.66. The van der Waals surface area contributed by atoms with Gasteiger partial charge in [0.2, 0.25) is 0 Å². The van der Waals surface area contributed by atoms with E-state index in [9.17, 15) is 4.79 Å². The molecule has 1 N–H and O–H groups in total. The van der Waals surface area contributed by atoms with Crippen molar-refractivity contribution < 1.29 is 4.79 Å². The Labute approximate surface area is 196 Å². The highest BCUT2D eigenvalue weighted by atomic mass is 32.2. The molecule has 0 saturated heterocycles. The van der Waals surface area contributed by atoms with Crippen LogP contribution >= 0.6 is 11.8 Å². The topological polar surface area (TPSA) is 64.2 Å². The Hall–Kier alpha value is -3.58. The largest absolute Gasteiger partial charge is 0.352 e. The van der Waals surface area contributed by atoms with Gasteiger partial charge in [-0.05, 0) is 49.7 Å². The number of rotatable bonds is 8. The summed E-state index contributed by atoms with van der Waals surface area (Å²) < 4.78 is 4.22. The number of aromatic nitrogens is 4. The second-order valence-electron chi connectivity index (χ2n) is 7.89. The van der Waals surface area contributed by atoms with Gasteiger partial charge in [-0.15, -0.1) is 11.8 Å². The molecule has 0 saturated carbocycles. The van der Waals surface area contributed by atoms with Crippen LogP contribution in [0, 0.1) is 6.92 Å². The van der Waals surface area contributed by atoms with Crippen LogP contribution in [0.25, 0.3) is 16.7 Å². The predicted octanol–water partition coefficient (Wildman–Crippen LogP) is 5.10. The van der Waals surface area contributed by atoms with E-state index in [0.29, 0.717) is 17.9 Å². The van der Waals surface area contributed by atoms with Gasteiger partial charge in [0.1, 0.15) is 11.5 Å². The normalized spacial score (nSPS) is 11.3. The van der Waals surface area contributed by atoms with Crippen LogP contribution < -0.4 is 5.32 Å². The van der Waals surface area contributed by atoms with E-state index in [2.05, 4.69) is 25.9 Å². The Morgan fingerprint density at radius 3 is 2.73 bits per heavy atom. The second kappa shape index (κ2) is 9.50. The van der Waals surface area contributed by atoms with Crippen molar-refractivity contribution in [2.45, 2.75) is 30.5 Å². The van der Waals surface area contributed by atoms with Gasteiger partial charge in [-0.2, -0.15) is 0 Å². The van der Waals surface area contributed by atoms with Gasteiger partial charge in [0.25, 0.3) is 5.91 Å². The molecule has 5 rings (SSSR count). The molecular formula is C26H25N5OS. The molecule has 5 aromatic rings. The van der Waals surface area contributed by atoms with E-state index >= 15 is 0 Å². The first-order valence-corrected chi connectivity index (χ1v) is 12.0. The number of nitrogens with zero attached hydrogens (tertiary/aromatic N) is 4. The minimum atomic E-state index is -0.0414. The lowest BCUT2D eigenvalue weighted by Gasteiger charge is -2.11. The number of nitrogens with one attached hydrogen (secondary N) is 1. The minimum absolute atomic E-state index is 0.0414. The monoisotopic (exact) mass is 455 g/mol. The Balaban J connectivity index is 1.19. The van der Waals surface area contributed by atoms with Crippen molar-refractivity contribution in [3.8, 4) is 0 Å². The molecule has 0 unspecified atom stereocenters. The minimum Gasteiger partial charge on any atom is -0.352 e. The maximum absolute atomic E-state index is 12.9. The Morgan fingerprint density at radius 2 is 1.82 bits per heavy atom. The number of hydrogen-bond donors (Lipinski definition) is 1. The molecule has 0 bridgehead atoms. The molecule has 7 heteroatoms. The number of pyridine rings is 1. The molecule has 0 aliphatic heterocycles. The first-order valence-electron chi connectivity index (χ1n) is 11.0. The van der Waals surface area contributed by atoms with Gasteiger partial charge in [0, 0.05) is 36.1 Å². The quantitative estimate of drug-likeness (QED) is 0.261. The predicted molar refractivity (Wildman–Crippen MR) is 133 cm³/mol. The molecule has 0 fully saturated rings. The molecule has 0 radical (unpaired) electrons. The van der Waals surface area contributed by atoms with Crippen molar-refractivity contribution in [2.24, 2.45) is 0 Å². The molecule has 1 amide bonds. The third kappa shape index (κ3) is 4.64. The first kappa shape index (κ1) is 21.3. The van der Waals surface area contributed by atoms with E-state index in [4.69, 9.17) is 0 Å². The number of carbonyl (C=O) groups is 1. The molecule has 3 aromatic heterocycles. The van der Waals surface area contributed by atoms with Crippen LogP contribution in [0.4, 0.5) is 0 Å². The summed E-state index contributed by atoms with van der Waals surface area (Å²) in [6.07, 6.45) is 4.86. The van der Waals surface area contributed by atoms with Crippen LogP contribution in [-0.2, 0) is 12.3 Å². The van der Waals surface area contributed by atoms with E-state index in [1.54, 1.807) is 11.8 Å². The van der Waals surface area contributed by atoms with Gasteiger partial charge in [0.15, 0.2) is 0 Å². The average molecular weight is 456 g/mol. The van der Waals surface area contributed by atoms with E-state index < -0.39 is 0 Å². The second-order valence-corrected chi connectivity index (χ2v) is 8.91. The molecule has 0 aliphatic rings. The molecule has 6 nitrogen and oxygen atoms in total. The average Bonchev–Trinajstić information content (AvgIpc) is 3.40. The smallest absolute Gasteiger partial charge is 0.252 e. The fraction of sp³-hybridized carbons (Fsp3) is 0.192. The number of carbonyl (C=O) groups excluding carboxylic acids is 1.